The van der Waals surface area contributed by atoms with E-state index in [4.69, 9.17) is 9.47 Å². The third-order valence-corrected chi connectivity index (χ3v) is 2.67. The van der Waals surface area contributed by atoms with Crippen LogP contribution in [0.15, 0.2) is 48.7 Å². The van der Waals surface area contributed by atoms with Crippen LogP contribution in [0.5, 0.6) is 5.75 Å². The molecule has 0 amide bonds. The van der Waals surface area contributed by atoms with E-state index in [1.54, 1.807) is 6.20 Å². The highest BCUT2D eigenvalue weighted by atomic mass is 16.6. The number of rotatable bonds is 4. The van der Waals surface area contributed by atoms with Gasteiger partial charge in [0.05, 0.1) is 18.5 Å². The molecule has 86 valence electrons. The van der Waals surface area contributed by atoms with Gasteiger partial charge in [0.2, 0.25) is 0 Å². The molecule has 1 atom stereocenters. The monoisotopic (exact) mass is 227 g/mol. The molecule has 17 heavy (non-hydrogen) atoms. The van der Waals surface area contributed by atoms with Crippen molar-refractivity contribution in [2.24, 2.45) is 0 Å². The van der Waals surface area contributed by atoms with Crippen LogP contribution in [0.25, 0.3) is 0 Å². The lowest BCUT2D eigenvalue weighted by Crippen LogP contribution is -1.96. The molecule has 3 nitrogen and oxygen atoms in total. The smallest absolute Gasteiger partial charge is 0.138 e. The second kappa shape index (κ2) is 4.55. The molecule has 0 bridgehead atoms. The van der Waals surface area contributed by atoms with Crippen molar-refractivity contribution in [3.63, 3.8) is 0 Å². The Morgan fingerprint density at radius 3 is 2.65 bits per heavy atom. The molecule has 3 heteroatoms. The maximum absolute atomic E-state index is 5.64. The highest BCUT2D eigenvalue weighted by Gasteiger charge is 2.25. The summed E-state index contributed by atoms with van der Waals surface area (Å²) in [5.41, 5.74) is 2.14. The van der Waals surface area contributed by atoms with Crippen molar-refractivity contribution < 1.29 is 9.47 Å². The molecule has 1 aliphatic heterocycles. The Kier molecular flexibility index (Phi) is 2.76. The van der Waals surface area contributed by atoms with Gasteiger partial charge < -0.3 is 9.47 Å². The molecule has 1 saturated heterocycles. The zero-order valence-electron chi connectivity index (χ0n) is 9.37. The van der Waals surface area contributed by atoms with Crippen molar-refractivity contribution in [3.8, 4) is 5.75 Å². The van der Waals surface area contributed by atoms with E-state index in [0.717, 1.165) is 23.6 Å². The molecular weight excluding hydrogens is 214 g/mol. The van der Waals surface area contributed by atoms with E-state index in [1.807, 2.05) is 42.5 Å². The fraction of sp³-hybridized carbons (Fsp3) is 0.214. The van der Waals surface area contributed by atoms with E-state index in [0.29, 0.717) is 6.61 Å². The van der Waals surface area contributed by atoms with Gasteiger partial charge in [0.15, 0.2) is 0 Å². The Morgan fingerprint density at radius 2 is 2.00 bits per heavy atom. The van der Waals surface area contributed by atoms with Crippen molar-refractivity contribution in [2.75, 3.05) is 6.61 Å². The van der Waals surface area contributed by atoms with E-state index in [2.05, 4.69) is 4.98 Å². The summed E-state index contributed by atoms with van der Waals surface area (Å²) in [4.78, 5) is 4.30. The highest BCUT2D eigenvalue weighted by molar-refractivity contribution is 5.23. The average molecular weight is 227 g/mol. The maximum atomic E-state index is 5.64. The van der Waals surface area contributed by atoms with Crippen LogP contribution in [-0.2, 0) is 11.3 Å². The first-order valence-electron chi connectivity index (χ1n) is 5.66. The summed E-state index contributed by atoms with van der Waals surface area (Å²) in [5, 5.41) is 0. The summed E-state index contributed by atoms with van der Waals surface area (Å²) < 4.78 is 10.8. The highest BCUT2D eigenvalue weighted by Crippen LogP contribution is 2.28. The first kappa shape index (κ1) is 10.3. The minimum absolute atomic E-state index is 0.207. The Labute approximate surface area is 100 Å². The standard InChI is InChI=1S/C14H13NO2/c1-2-4-11(5-3-1)9-16-12-6-7-13(15-8-12)14-10-17-14/h1-8,14H,9-10H2. The Hall–Kier alpha value is -1.87. The Morgan fingerprint density at radius 1 is 1.18 bits per heavy atom. The lowest BCUT2D eigenvalue weighted by molar-refractivity contribution is 0.304. The minimum Gasteiger partial charge on any atom is -0.487 e. The van der Waals surface area contributed by atoms with Crippen LogP contribution in [0, 0.1) is 0 Å². The van der Waals surface area contributed by atoms with Gasteiger partial charge in [-0.25, -0.2) is 0 Å². The molecule has 0 radical (unpaired) electrons. The number of epoxide rings is 1. The van der Waals surface area contributed by atoms with Gasteiger partial charge in [0.1, 0.15) is 18.5 Å². The third kappa shape index (κ3) is 2.63. The second-order valence-corrected chi connectivity index (χ2v) is 4.02. The topological polar surface area (TPSA) is 34.6 Å². The van der Waals surface area contributed by atoms with E-state index < -0.39 is 0 Å². The van der Waals surface area contributed by atoms with Crippen LogP contribution in [0.3, 0.4) is 0 Å². The minimum atomic E-state index is 0.207. The van der Waals surface area contributed by atoms with Crippen LogP contribution in [0.1, 0.15) is 17.4 Å². The molecule has 2 heterocycles. The van der Waals surface area contributed by atoms with Gasteiger partial charge >= 0.3 is 0 Å². The number of benzene rings is 1. The van der Waals surface area contributed by atoms with Crippen LogP contribution < -0.4 is 4.74 Å². The largest absolute Gasteiger partial charge is 0.487 e. The van der Waals surface area contributed by atoms with Crippen molar-refractivity contribution >= 4 is 0 Å². The number of aromatic nitrogens is 1. The lowest BCUT2D eigenvalue weighted by atomic mass is 10.2. The fourth-order valence-electron chi connectivity index (χ4n) is 1.63. The van der Waals surface area contributed by atoms with E-state index in [9.17, 15) is 0 Å². The number of ether oxygens (including phenoxy) is 2. The number of hydrogen-bond donors (Lipinski definition) is 0. The van der Waals surface area contributed by atoms with Gasteiger partial charge in [-0.1, -0.05) is 30.3 Å². The third-order valence-electron chi connectivity index (χ3n) is 2.67. The SMILES string of the molecule is c1ccc(COc2ccc(C3CO3)nc2)cc1. The Balaban J connectivity index is 1.61. The van der Waals surface area contributed by atoms with Crippen molar-refractivity contribution in [3.05, 3.63) is 59.9 Å². The predicted molar refractivity (Wildman–Crippen MR) is 63.7 cm³/mol. The summed E-state index contributed by atoms with van der Waals surface area (Å²) in [6.45, 7) is 1.36. The molecule has 1 aromatic heterocycles. The maximum Gasteiger partial charge on any atom is 0.138 e. The Bertz CT molecular complexity index is 477. The van der Waals surface area contributed by atoms with Crippen molar-refractivity contribution in [2.45, 2.75) is 12.7 Å². The van der Waals surface area contributed by atoms with Gasteiger partial charge in [-0.3, -0.25) is 4.98 Å². The first-order valence-corrected chi connectivity index (χ1v) is 5.66. The molecule has 1 fully saturated rings. The fourth-order valence-corrected chi connectivity index (χ4v) is 1.63. The zero-order chi connectivity index (χ0) is 11.5. The van der Waals surface area contributed by atoms with Crippen LogP contribution in [-0.4, -0.2) is 11.6 Å². The number of nitrogens with zero attached hydrogens (tertiary/aromatic N) is 1. The number of hydrogen-bond acceptors (Lipinski definition) is 3. The summed E-state index contributed by atoms with van der Waals surface area (Å²) in [6, 6.07) is 14.0. The molecule has 0 aliphatic carbocycles. The molecule has 1 aliphatic rings. The molecule has 0 saturated carbocycles. The summed E-state index contributed by atoms with van der Waals surface area (Å²) in [5.74, 6) is 0.790. The van der Waals surface area contributed by atoms with E-state index >= 15 is 0 Å². The molecule has 0 spiro atoms. The molecule has 3 rings (SSSR count). The summed E-state index contributed by atoms with van der Waals surface area (Å²) in [7, 11) is 0. The van der Waals surface area contributed by atoms with Crippen LogP contribution >= 0.6 is 0 Å². The van der Waals surface area contributed by atoms with Gasteiger partial charge in [-0.05, 0) is 17.7 Å². The molecule has 0 N–H and O–H groups in total. The van der Waals surface area contributed by atoms with Gasteiger partial charge in [0, 0.05) is 0 Å². The lowest BCUT2D eigenvalue weighted by Gasteiger charge is -2.06. The molecular formula is C14H13NO2. The van der Waals surface area contributed by atoms with Gasteiger partial charge in [-0.15, -0.1) is 0 Å². The second-order valence-electron chi connectivity index (χ2n) is 4.02. The quantitative estimate of drug-likeness (QED) is 0.753. The summed E-state index contributed by atoms with van der Waals surface area (Å²) >= 11 is 0. The van der Waals surface area contributed by atoms with Crippen LogP contribution in [0.4, 0.5) is 0 Å². The van der Waals surface area contributed by atoms with Gasteiger partial charge in [-0.2, -0.15) is 0 Å². The molecule has 2 aromatic rings. The van der Waals surface area contributed by atoms with E-state index in [1.165, 1.54) is 0 Å². The molecule has 1 aromatic carbocycles. The molecule has 1 unspecified atom stereocenters. The van der Waals surface area contributed by atoms with Crippen molar-refractivity contribution in [1.29, 1.82) is 0 Å². The normalized spacial score (nSPS) is 17.8. The number of pyridine rings is 1. The van der Waals surface area contributed by atoms with Gasteiger partial charge in [0.25, 0.3) is 0 Å². The zero-order valence-corrected chi connectivity index (χ0v) is 9.37. The first-order chi connectivity index (χ1) is 8.42. The van der Waals surface area contributed by atoms with Crippen LogP contribution in [0.2, 0.25) is 0 Å². The van der Waals surface area contributed by atoms with E-state index in [-0.39, 0.29) is 6.10 Å². The predicted octanol–water partition coefficient (Wildman–Crippen LogP) is 2.73. The van der Waals surface area contributed by atoms with Crippen molar-refractivity contribution in [1.82, 2.24) is 4.98 Å². The summed E-state index contributed by atoms with van der Waals surface area (Å²) in [6.07, 6.45) is 1.96. The average Bonchev–Trinajstić information content (AvgIpc) is 3.23.